The van der Waals surface area contributed by atoms with Crippen LogP contribution in [0.3, 0.4) is 0 Å². The predicted octanol–water partition coefficient (Wildman–Crippen LogP) is -6.92. The van der Waals surface area contributed by atoms with Gasteiger partial charge in [0.05, 0.1) is 19.8 Å². The second kappa shape index (κ2) is 12.3. The van der Waals surface area contributed by atoms with Crippen molar-refractivity contribution < 1.29 is 79.5 Å². The topological polar surface area (TPSA) is 258 Å². The zero-order valence-corrected chi connectivity index (χ0v) is 18.7. The van der Waals surface area contributed by atoms with E-state index in [1.165, 1.54) is 7.11 Å². The molecule has 0 aliphatic carbocycles. The van der Waals surface area contributed by atoms with Crippen LogP contribution in [0.1, 0.15) is 0 Å². The van der Waals surface area contributed by atoms with E-state index < -0.39 is 112 Å². The Morgan fingerprint density at radius 2 is 1.14 bits per heavy atom. The van der Waals surface area contributed by atoms with Crippen molar-refractivity contribution in [2.24, 2.45) is 0 Å². The van der Waals surface area contributed by atoms with Gasteiger partial charge in [-0.2, -0.15) is 0 Å². The maximum Gasteiger partial charge on any atom is 0.187 e. The highest BCUT2D eigenvalue weighted by Gasteiger charge is 2.51. The van der Waals surface area contributed by atoms with Crippen molar-refractivity contribution in [1.29, 1.82) is 0 Å². The van der Waals surface area contributed by atoms with Crippen LogP contribution in [0, 0.1) is 0 Å². The normalized spacial score (nSPS) is 51.3. The molecule has 0 saturated carbocycles. The highest BCUT2D eigenvalue weighted by Crippen LogP contribution is 2.30. The van der Waals surface area contributed by atoms with Gasteiger partial charge in [0.15, 0.2) is 18.9 Å². The van der Waals surface area contributed by atoms with Crippen molar-refractivity contribution >= 4 is 0 Å². The Hall–Kier alpha value is -0.640. The third kappa shape index (κ3) is 5.93. The first-order chi connectivity index (χ1) is 16.5. The van der Waals surface area contributed by atoms with E-state index >= 15 is 0 Å². The number of methoxy groups -OCH3 is 1. The molecule has 0 amide bonds. The van der Waals surface area contributed by atoms with E-state index in [-0.39, 0.29) is 0 Å². The highest BCUT2D eigenvalue weighted by molar-refractivity contribution is 4.95. The molecule has 3 fully saturated rings. The Balaban J connectivity index is 1.72. The van der Waals surface area contributed by atoms with Crippen LogP contribution in [0.25, 0.3) is 0 Å². The van der Waals surface area contributed by atoms with Gasteiger partial charge in [0, 0.05) is 7.11 Å². The molecule has 3 heterocycles. The zero-order chi connectivity index (χ0) is 26.0. The van der Waals surface area contributed by atoms with Gasteiger partial charge >= 0.3 is 0 Å². The zero-order valence-electron chi connectivity index (χ0n) is 18.7. The van der Waals surface area contributed by atoms with E-state index in [2.05, 4.69) is 0 Å². The minimum absolute atomic E-state index is 0.594. The SMILES string of the molecule is CO[C@H]1C(CO)O[C@@H](O[C@H]2C(CO[C@@H]3OC(CO)[C@H](O)[C@H](O)C3O)O[C@@H](O)C(O)[C@H]2O)C(O)[C@H]1O. The summed E-state index contributed by atoms with van der Waals surface area (Å²) in [4.78, 5) is 0. The molecule has 0 radical (unpaired) electrons. The van der Waals surface area contributed by atoms with E-state index in [9.17, 15) is 51.1 Å². The second-order valence-electron chi connectivity index (χ2n) is 8.58. The molecule has 16 nitrogen and oxygen atoms in total. The molecular formula is C19H34O16. The minimum atomic E-state index is -1.89. The molecule has 6 unspecified atom stereocenters. The molecular weight excluding hydrogens is 484 g/mol. The molecule has 15 atom stereocenters. The maximum absolute atomic E-state index is 10.5. The quantitative estimate of drug-likeness (QED) is 0.143. The molecule has 10 N–H and O–H groups in total. The Bertz CT molecular complexity index is 652. The molecule has 3 saturated heterocycles. The average Bonchev–Trinajstić information content (AvgIpc) is 2.85. The van der Waals surface area contributed by atoms with Gasteiger partial charge in [0.25, 0.3) is 0 Å². The number of rotatable bonds is 8. The molecule has 3 aliphatic heterocycles. The summed E-state index contributed by atoms with van der Waals surface area (Å²) in [6.07, 6.45) is -23.6. The van der Waals surface area contributed by atoms with Gasteiger partial charge in [0.1, 0.15) is 73.2 Å². The Morgan fingerprint density at radius 3 is 1.74 bits per heavy atom. The van der Waals surface area contributed by atoms with Gasteiger partial charge < -0.3 is 79.5 Å². The van der Waals surface area contributed by atoms with Crippen LogP contribution >= 0.6 is 0 Å². The van der Waals surface area contributed by atoms with Crippen LogP contribution in [-0.2, 0) is 28.4 Å². The third-order valence-electron chi connectivity index (χ3n) is 6.32. The number of aliphatic hydroxyl groups is 10. The minimum Gasteiger partial charge on any atom is -0.394 e. The fourth-order valence-corrected chi connectivity index (χ4v) is 4.23. The first-order valence-corrected chi connectivity index (χ1v) is 11.0. The van der Waals surface area contributed by atoms with Crippen molar-refractivity contribution in [3.05, 3.63) is 0 Å². The summed E-state index contributed by atoms with van der Waals surface area (Å²) in [5, 5.41) is 99.9. The Labute approximate surface area is 199 Å². The van der Waals surface area contributed by atoms with E-state index in [0.29, 0.717) is 0 Å². The summed E-state index contributed by atoms with van der Waals surface area (Å²) >= 11 is 0. The lowest BCUT2D eigenvalue weighted by atomic mass is 9.96. The molecule has 0 bridgehead atoms. The standard InChI is InChI=1S/C19H34O16/c1-30-15-6(3-21)34-19(14(28)11(15)25)35-16-7(32-17(29)12(26)10(16)24)4-31-18-13(27)9(23)8(22)5(2-20)33-18/h5-29H,2-4H2,1H3/t5?,6?,7?,8-,9-,10+,11+,12?,13?,14?,15-,16-,17+,18+,19-/m0/s1. The number of hydrogen-bond acceptors (Lipinski definition) is 16. The first kappa shape index (κ1) is 28.9. The summed E-state index contributed by atoms with van der Waals surface area (Å²) < 4.78 is 31.9. The number of aliphatic hydroxyl groups excluding tert-OH is 10. The number of hydrogen-bond donors (Lipinski definition) is 10. The van der Waals surface area contributed by atoms with Crippen molar-refractivity contribution in [2.45, 2.75) is 92.1 Å². The molecule has 35 heavy (non-hydrogen) atoms. The number of ether oxygens (including phenoxy) is 6. The van der Waals surface area contributed by atoms with Crippen LogP contribution in [0.5, 0.6) is 0 Å². The smallest absolute Gasteiger partial charge is 0.187 e. The summed E-state index contributed by atoms with van der Waals surface area (Å²) in [5.41, 5.74) is 0. The molecule has 0 spiro atoms. The lowest BCUT2D eigenvalue weighted by Crippen LogP contribution is -2.65. The van der Waals surface area contributed by atoms with Gasteiger partial charge in [-0.15, -0.1) is 0 Å². The fourth-order valence-electron chi connectivity index (χ4n) is 4.23. The van der Waals surface area contributed by atoms with Crippen molar-refractivity contribution in [2.75, 3.05) is 26.9 Å². The van der Waals surface area contributed by atoms with Gasteiger partial charge in [-0.05, 0) is 0 Å². The average molecular weight is 518 g/mol. The van der Waals surface area contributed by atoms with Crippen molar-refractivity contribution in [3.63, 3.8) is 0 Å². The largest absolute Gasteiger partial charge is 0.394 e. The molecule has 0 aromatic heterocycles. The Morgan fingerprint density at radius 1 is 0.571 bits per heavy atom. The molecule has 0 aromatic rings. The van der Waals surface area contributed by atoms with Gasteiger partial charge in [-0.3, -0.25) is 0 Å². The van der Waals surface area contributed by atoms with Crippen LogP contribution in [0.15, 0.2) is 0 Å². The first-order valence-electron chi connectivity index (χ1n) is 11.0. The molecule has 206 valence electrons. The predicted molar refractivity (Wildman–Crippen MR) is 106 cm³/mol. The monoisotopic (exact) mass is 518 g/mol. The highest BCUT2D eigenvalue weighted by atomic mass is 16.7. The van der Waals surface area contributed by atoms with Crippen molar-refractivity contribution in [1.82, 2.24) is 0 Å². The third-order valence-corrected chi connectivity index (χ3v) is 6.32. The van der Waals surface area contributed by atoms with Crippen molar-refractivity contribution in [3.8, 4) is 0 Å². The fraction of sp³-hybridized carbons (Fsp3) is 1.00. The van der Waals surface area contributed by atoms with Gasteiger partial charge in [-0.25, -0.2) is 0 Å². The van der Waals surface area contributed by atoms with E-state index in [1.807, 2.05) is 0 Å². The van der Waals surface area contributed by atoms with E-state index in [0.717, 1.165) is 0 Å². The van der Waals surface area contributed by atoms with Gasteiger partial charge in [-0.1, -0.05) is 0 Å². The Kier molecular flexibility index (Phi) is 10.1. The summed E-state index contributed by atoms with van der Waals surface area (Å²) in [6, 6.07) is 0. The molecule has 3 aliphatic rings. The molecule has 0 aromatic carbocycles. The lowest BCUT2D eigenvalue weighted by Gasteiger charge is -2.46. The van der Waals surface area contributed by atoms with E-state index in [4.69, 9.17) is 28.4 Å². The van der Waals surface area contributed by atoms with Gasteiger partial charge in [0.2, 0.25) is 0 Å². The lowest BCUT2D eigenvalue weighted by molar-refractivity contribution is -0.364. The molecule has 16 heteroatoms. The summed E-state index contributed by atoms with van der Waals surface area (Å²) in [6.45, 7) is -1.91. The van der Waals surface area contributed by atoms with Crippen LogP contribution in [0.2, 0.25) is 0 Å². The second-order valence-corrected chi connectivity index (χ2v) is 8.58. The summed E-state index contributed by atoms with van der Waals surface area (Å²) in [7, 11) is 1.23. The molecule has 3 rings (SSSR count). The van der Waals surface area contributed by atoms with Crippen LogP contribution in [0.4, 0.5) is 0 Å². The van der Waals surface area contributed by atoms with Crippen LogP contribution < -0.4 is 0 Å². The summed E-state index contributed by atoms with van der Waals surface area (Å²) in [5.74, 6) is 0. The maximum atomic E-state index is 10.5. The van der Waals surface area contributed by atoms with Crippen LogP contribution in [-0.4, -0.2) is 170 Å². The van der Waals surface area contributed by atoms with E-state index in [1.54, 1.807) is 0 Å².